The molecule has 0 radical (unpaired) electrons. The Bertz CT molecular complexity index is 433. The predicted octanol–water partition coefficient (Wildman–Crippen LogP) is 3.38. The summed E-state index contributed by atoms with van der Waals surface area (Å²) in [6.07, 6.45) is 1.01. The normalized spacial score (nSPS) is 10.8. The maximum Gasteiger partial charge on any atom is 0.412 e. The lowest BCUT2D eigenvalue weighted by Gasteiger charge is -2.19. The van der Waals surface area contributed by atoms with Crippen molar-refractivity contribution < 1.29 is 14.6 Å². The molecular weight excluding hydrogens is 218 g/mol. The Hall–Kier alpha value is -1.97. The molecule has 0 heterocycles. The Kier molecular flexibility index (Phi) is 3.78. The lowest BCUT2D eigenvalue weighted by atomic mass is 10.2. The SMILES string of the molecule is C=Cc1ccc(NC(=O)OC(C)(C)C)c(O)c1. The lowest BCUT2D eigenvalue weighted by molar-refractivity contribution is 0.0635. The lowest BCUT2D eigenvalue weighted by Crippen LogP contribution is -2.27. The summed E-state index contributed by atoms with van der Waals surface area (Å²) in [7, 11) is 0. The molecule has 0 unspecified atom stereocenters. The van der Waals surface area contributed by atoms with Crippen LogP contribution in [0.25, 0.3) is 6.08 Å². The van der Waals surface area contributed by atoms with Gasteiger partial charge in [0, 0.05) is 0 Å². The summed E-state index contributed by atoms with van der Waals surface area (Å²) in [6, 6.07) is 4.84. The smallest absolute Gasteiger partial charge is 0.412 e. The predicted molar refractivity (Wildman–Crippen MR) is 68.1 cm³/mol. The molecule has 2 N–H and O–H groups in total. The zero-order valence-electron chi connectivity index (χ0n) is 10.3. The first-order valence-electron chi connectivity index (χ1n) is 5.27. The van der Waals surface area contributed by atoms with Gasteiger partial charge in [0.15, 0.2) is 0 Å². The summed E-state index contributed by atoms with van der Waals surface area (Å²) in [6.45, 7) is 8.90. The van der Waals surface area contributed by atoms with E-state index in [1.54, 1.807) is 39.0 Å². The molecule has 1 aromatic rings. The highest BCUT2D eigenvalue weighted by molar-refractivity contribution is 5.87. The highest BCUT2D eigenvalue weighted by Gasteiger charge is 2.17. The Morgan fingerprint density at radius 1 is 1.47 bits per heavy atom. The maximum absolute atomic E-state index is 11.5. The third-order valence-electron chi connectivity index (χ3n) is 1.89. The number of hydrogen-bond donors (Lipinski definition) is 2. The molecule has 0 saturated carbocycles. The van der Waals surface area contributed by atoms with Crippen molar-refractivity contribution in [1.29, 1.82) is 0 Å². The van der Waals surface area contributed by atoms with E-state index in [-0.39, 0.29) is 5.75 Å². The van der Waals surface area contributed by atoms with E-state index in [0.29, 0.717) is 5.69 Å². The molecule has 1 amide bonds. The van der Waals surface area contributed by atoms with Gasteiger partial charge in [0.25, 0.3) is 0 Å². The molecule has 0 bridgehead atoms. The maximum atomic E-state index is 11.5. The third kappa shape index (κ3) is 4.18. The van der Waals surface area contributed by atoms with Crippen molar-refractivity contribution in [3.05, 3.63) is 30.3 Å². The van der Waals surface area contributed by atoms with Crippen LogP contribution in [-0.4, -0.2) is 16.8 Å². The number of aromatic hydroxyl groups is 1. The van der Waals surface area contributed by atoms with Gasteiger partial charge in [0.1, 0.15) is 11.4 Å². The molecule has 0 saturated heterocycles. The Balaban J connectivity index is 2.75. The molecule has 0 spiro atoms. The van der Waals surface area contributed by atoms with Gasteiger partial charge in [-0.25, -0.2) is 4.79 Å². The van der Waals surface area contributed by atoms with E-state index in [1.807, 2.05) is 0 Å². The minimum atomic E-state index is -0.598. The Morgan fingerprint density at radius 3 is 2.59 bits per heavy atom. The van der Waals surface area contributed by atoms with Crippen molar-refractivity contribution in [2.24, 2.45) is 0 Å². The standard InChI is InChI=1S/C13H17NO3/c1-5-9-6-7-10(11(15)8-9)14-12(16)17-13(2,3)4/h5-8,15H,1H2,2-4H3,(H,14,16). The van der Waals surface area contributed by atoms with Crippen LogP contribution < -0.4 is 5.32 Å². The molecule has 0 fully saturated rings. The van der Waals surface area contributed by atoms with Gasteiger partial charge in [-0.3, -0.25) is 5.32 Å². The molecule has 0 aliphatic rings. The van der Waals surface area contributed by atoms with Gasteiger partial charge >= 0.3 is 6.09 Å². The molecule has 0 aliphatic heterocycles. The molecule has 0 atom stereocenters. The largest absolute Gasteiger partial charge is 0.506 e. The van der Waals surface area contributed by atoms with Crippen LogP contribution >= 0.6 is 0 Å². The number of ether oxygens (including phenoxy) is 1. The average Bonchev–Trinajstić information content (AvgIpc) is 2.18. The number of amides is 1. The molecular formula is C13H17NO3. The second kappa shape index (κ2) is 4.91. The Labute approximate surface area is 101 Å². The summed E-state index contributed by atoms with van der Waals surface area (Å²) in [5, 5.41) is 12.1. The zero-order valence-corrected chi connectivity index (χ0v) is 10.3. The van der Waals surface area contributed by atoms with Crippen LogP contribution in [0.5, 0.6) is 5.75 Å². The van der Waals surface area contributed by atoms with Crippen molar-refractivity contribution in [3.63, 3.8) is 0 Å². The van der Waals surface area contributed by atoms with Gasteiger partial charge < -0.3 is 9.84 Å². The summed E-state index contributed by atoms with van der Waals surface area (Å²) in [5.74, 6) is -0.0201. The summed E-state index contributed by atoms with van der Waals surface area (Å²) in [4.78, 5) is 11.5. The van der Waals surface area contributed by atoms with E-state index in [0.717, 1.165) is 5.56 Å². The van der Waals surface area contributed by atoms with Crippen molar-refractivity contribution in [1.82, 2.24) is 0 Å². The quantitative estimate of drug-likeness (QED) is 0.772. The fourth-order valence-corrected chi connectivity index (χ4v) is 1.19. The molecule has 1 aromatic carbocycles. The molecule has 4 nitrogen and oxygen atoms in total. The number of hydrogen-bond acceptors (Lipinski definition) is 3. The first-order valence-corrected chi connectivity index (χ1v) is 5.27. The van der Waals surface area contributed by atoms with E-state index in [4.69, 9.17) is 4.74 Å². The number of benzene rings is 1. The highest BCUT2D eigenvalue weighted by atomic mass is 16.6. The molecule has 1 rings (SSSR count). The van der Waals surface area contributed by atoms with Gasteiger partial charge in [0.05, 0.1) is 5.69 Å². The Morgan fingerprint density at radius 2 is 2.12 bits per heavy atom. The van der Waals surface area contributed by atoms with Gasteiger partial charge in [0.2, 0.25) is 0 Å². The van der Waals surface area contributed by atoms with Gasteiger partial charge in [-0.2, -0.15) is 0 Å². The minimum absolute atomic E-state index is 0.0201. The topological polar surface area (TPSA) is 58.6 Å². The number of phenolic OH excluding ortho intramolecular Hbond substituents is 1. The second-order valence-corrected chi connectivity index (χ2v) is 4.61. The van der Waals surface area contributed by atoms with Crippen molar-refractivity contribution in [2.75, 3.05) is 5.32 Å². The molecule has 0 aromatic heterocycles. The third-order valence-corrected chi connectivity index (χ3v) is 1.89. The van der Waals surface area contributed by atoms with E-state index in [9.17, 15) is 9.90 Å². The van der Waals surface area contributed by atoms with Crippen LogP contribution in [0.4, 0.5) is 10.5 Å². The van der Waals surface area contributed by atoms with Crippen LogP contribution in [0.3, 0.4) is 0 Å². The van der Waals surface area contributed by atoms with E-state index in [1.165, 1.54) is 6.07 Å². The van der Waals surface area contributed by atoms with E-state index in [2.05, 4.69) is 11.9 Å². The van der Waals surface area contributed by atoms with E-state index >= 15 is 0 Å². The first-order chi connectivity index (χ1) is 7.81. The number of carbonyl (C=O) groups is 1. The van der Waals surface area contributed by atoms with Gasteiger partial charge in [-0.1, -0.05) is 18.7 Å². The molecule has 92 valence electrons. The van der Waals surface area contributed by atoms with Crippen LogP contribution in [0, 0.1) is 0 Å². The number of anilines is 1. The monoisotopic (exact) mass is 235 g/mol. The summed E-state index contributed by atoms with van der Waals surface area (Å²) in [5.41, 5.74) is 0.517. The average molecular weight is 235 g/mol. The van der Waals surface area contributed by atoms with Crippen molar-refractivity contribution >= 4 is 17.9 Å². The summed E-state index contributed by atoms with van der Waals surface area (Å²) >= 11 is 0. The van der Waals surface area contributed by atoms with Crippen molar-refractivity contribution in [3.8, 4) is 5.75 Å². The summed E-state index contributed by atoms with van der Waals surface area (Å²) < 4.78 is 5.07. The number of phenols is 1. The van der Waals surface area contributed by atoms with Crippen LogP contribution in [-0.2, 0) is 4.74 Å². The number of nitrogens with one attached hydrogen (secondary N) is 1. The van der Waals surface area contributed by atoms with E-state index < -0.39 is 11.7 Å². The number of carbonyl (C=O) groups excluding carboxylic acids is 1. The second-order valence-electron chi connectivity index (χ2n) is 4.61. The molecule has 17 heavy (non-hydrogen) atoms. The fraction of sp³-hybridized carbons (Fsp3) is 0.308. The fourth-order valence-electron chi connectivity index (χ4n) is 1.19. The molecule has 4 heteroatoms. The minimum Gasteiger partial charge on any atom is -0.506 e. The van der Waals surface area contributed by atoms with Gasteiger partial charge in [-0.05, 0) is 38.5 Å². The molecule has 0 aliphatic carbocycles. The van der Waals surface area contributed by atoms with Crippen LogP contribution in [0.1, 0.15) is 26.3 Å². The van der Waals surface area contributed by atoms with Crippen molar-refractivity contribution in [2.45, 2.75) is 26.4 Å². The van der Waals surface area contributed by atoms with Crippen LogP contribution in [0.15, 0.2) is 24.8 Å². The van der Waals surface area contributed by atoms with Crippen LogP contribution in [0.2, 0.25) is 0 Å². The number of rotatable bonds is 2. The zero-order chi connectivity index (χ0) is 13.1. The highest BCUT2D eigenvalue weighted by Crippen LogP contribution is 2.25. The van der Waals surface area contributed by atoms with Gasteiger partial charge in [-0.15, -0.1) is 0 Å². The first kappa shape index (κ1) is 13.1.